The Morgan fingerprint density at radius 2 is 0.943 bits per heavy atom. The summed E-state index contributed by atoms with van der Waals surface area (Å²) in [6.45, 7) is 23.4. The second-order valence-electron chi connectivity index (χ2n) is 16.7. The summed E-state index contributed by atoms with van der Waals surface area (Å²) in [5.41, 5.74) is 14.3. The molecule has 53 heavy (non-hydrogen) atoms. The highest BCUT2D eigenvalue weighted by atomic mass is 16.2. The summed E-state index contributed by atoms with van der Waals surface area (Å²) in [4.78, 5) is 21.6. The summed E-state index contributed by atoms with van der Waals surface area (Å²) in [7, 11) is 0. The van der Waals surface area contributed by atoms with Gasteiger partial charge in [-0.3, -0.25) is 9.69 Å². The van der Waals surface area contributed by atoms with Gasteiger partial charge in [0.25, 0.3) is 0 Å². The van der Waals surface area contributed by atoms with Crippen LogP contribution in [-0.2, 0) is 10.2 Å². The van der Waals surface area contributed by atoms with Gasteiger partial charge in [-0.05, 0) is 81.3 Å². The fourth-order valence-corrected chi connectivity index (χ4v) is 8.70. The van der Waals surface area contributed by atoms with E-state index in [1.54, 1.807) is 0 Å². The lowest BCUT2D eigenvalue weighted by Crippen LogP contribution is -2.53. The minimum atomic E-state index is -0.126. The summed E-state index contributed by atoms with van der Waals surface area (Å²) >= 11 is 0. The predicted octanol–water partition coefficient (Wildman–Crippen LogP) is 13.1. The lowest BCUT2D eigenvalue weighted by Gasteiger charge is -2.47. The Morgan fingerprint density at radius 1 is 0.509 bits per heavy atom. The molecule has 7 rings (SSSR count). The van der Waals surface area contributed by atoms with E-state index in [0.29, 0.717) is 24.8 Å². The lowest BCUT2D eigenvalue weighted by atomic mass is 9.73. The predicted molar refractivity (Wildman–Crippen MR) is 224 cm³/mol. The van der Waals surface area contributed by atoms with E-state index in [-0.39, 0.29) is 23.2 Å². The molecule has 4 heteroatoms. The van der Waals surface area contributed by atoms with Gasteiger partial charge in [0.05, 0.1) is 17.1 Å². The molecule has 1 fully saturated rings. The molecule has 0 spiro atoms. The van der Waals surface area contributed by atoms with Gasteiger partial charge in [0.1, 0.15) is 0 Å². The van der Waals surface area contributed by atoms with Crippen molar-refractivity contribution in [2.75, 3.05) is 21.2 Å². The number of benzene rings is 5. The first kappa shape index (κ1) is 36.5. The number of fused-ring (bicyclic) bond motifs is 2. The van der Waals surface area contributed by atoms with E-state index >= 15 is 0 Å². The van der Waals surface area contributed by atoms with Gasteiger partial charge in [-0.25, -0.2) is 0 Å². The topological polar surface area (TPSA) is 26.8 Å². The van der Waals surface area contributed by atoms with Crippen LogP contribution < -0.4 is 14.7 Å². The van der Waals surface area contributed by atoms with Crippen LogP contribution in [0.4, 0.5) is 28.4 Å². The largest absolute Gasteiger partial charge is 0.340 e. The number of anilines is 5. The van der Waals surface area contributed by atoms with Gasteiger partial charge in [0, 0.05) is 35.3 Å². The van der Waals surface area contributed by atoms with Crippen molar-refractivity contribution in [2.24, 2.45) is 0 Å². The average molecular weight is 703 g/mol. The quantitative estimate of drug-likeness (QED) is 0.161. The van der Waals surface area contributed by atoms with E-state index < -0.39 is 0 Å². The van der Waals surface area contributed by atoms with Crippen molar-refractivity contribution in [2.45, 2.75) is 105 Å². The first-order valence-electron chi connectivity index (χ1n) is 19.7. The standard InChI is InChI=1S/C49H56N3O/c1-31(2)37-17-15-18-38(32(3)4)46(37)50-30-29-45(53)52(47-39(33(5)6)19-16-20-40(47)34(7)8)48(50)35-25-27-36(28-26-35)51-43-23-13-11-21-41(43)49(9,10)42-22-12-14-24-44(42)51/h11-28,31-34H,29-30H2,1-10H3. The van der Waals surface area contributed by atoms with Crippen LogP contribution in [0.15, 0.2) is 109 Å². The molecule has 0 aliphatic carbocycles. The molecular formula is C49H56N3O. The van der Waals surface area contributed by atoms with E-state index in [0.717, 1.165) is 23.1 Å². The van der Waals surface area contributed by atoms with Gasteiger partial charge in [0.15, 0.2) is 6.17 Å². The summed E-state index contributed by atoms with van der Waals surface area (Å²) in [6.07, 6.45) is 1.38. The molecule has 2 heterocycles. The van der Waals surface area contributed by atoms with Gasteiger partial charge in [-0.1, -0.05) is 154 Å². The summed E-state index contributed by atoms with van der Waals surface area (Å²) < 4.78 is 0. The van der Waals surface area contributed by atoms with Crippen molar-refractivity contribution < 1.29 is 4.79 Å². The zero-order valence-corrected chi connectivity index (χ0v) is 33.4. The molecule has 0 bridgehead atoms. The molecule has 5 aromatic rings. The Morgan fingerprint density at radius 3 is 1.40 bits per heavy atom. The van der Waals surface area contributed by atoms with Crippen molar-refractivity contribution in [3.05, 3.63) is 154 Å². The maximum Gasteiger partial charge on any atom is 0.231 e. The van der Waals surface area contributed by atoms with Crippen molar-refractivity contribution in [1.82, 2.24) is 0 Å². The molecule has 0 aromatic heterocycles. The third-order valence-corrected chi connectivity index (χ3v) is 11.5. The zero-order valence-electron chi connectivity index (χ0n) is 33.4. The van der Waals surface area contributed by atoms with E-state index in [1.807, 2.05) is 0 Å². The number of rotatable bonds is 8. The van der Waals surface area contributed by atoms with E-state index in [9.17, 15) is 4.79 Å². The van der Waals surface area contributed by atoms with Crippen LogP contribution in [-0.4, -0.2) is 12.5 Å². The normalized spacial score (nSPS) is 15.9. The second kappa shape index (κ2) is 14.2. The number of carbonyl (C=O) groups is 1. The molecule has 1 radical (unpaired) electrons. The van der Waals surface area contributed by atoms with Crippen LogP contribution in [0, 0.1) is 6.17 Å². The molecule has 5 aromatic carbocycles. The molecule has 0 atom stereocenters. The Bertz CT molecular complexity index is 2020. The van der Waals surface area contributed by atoms with Crippen LogP contribution in [0.25, 0.3) is 0 Å². The Kier molecular flexibility index (Phi) is 9.78. The molecule has 0 unspecified atom stereocenters. The van der Waals surface area contributed by atoms with Gasteiger partial charge >= 0.3 is 0 Å². The highest BCUT2D eigenvalue weighted by Crippen LogP contribution is 2.52. The molecule has 2 aliphatic rings. The van der Waals surface area contributed by atoms with Crippen LogP contribution in [0.3, 0.4) is 0 Å². The number of para-hydroxylation sites is 4. The maximum atomic E-state index is 14.7. The fraction of sp³-hybridized carbons (Fsp3) is 0.347. The third kappa shape index (κ3) is 6.24. The first-order chi connectivity index (χ1) is 25.3. The van der Waals surface area contributed by atoms with Gasteiger partial charge in [-0.15, -0.1) is 0 Å². The Balaban J connectivity index is 1.46. The molecule has 4 nitrogen and oxygen atoms in total. The van der Waals surface area contributed by atoms with Crippen molar-refractivity contribution in [3.63, 3.8) is 0 Å². The van der Waals surface area contributed by atoms with Crippen LogP contribution in [0.1, 0.15) is 138 Å². The maximum absolute atomic E-state index is 14.7. The third-order valence-electron chi connectivity index (χ3n) is 11.5. The molecular weight excluding hydrogens is 647 g/mol. The van der Waals surface area contributed by atoms with Crippen molar-refractivity contribution in [1.29, 1.82) is 0 Å². The highest BCUT2D eigenvalue weighted by Gasteiger charge is 2.42. The van der Waals surface area contributed by atoms with E-state index in [2.05, 4.69) is 193 Å². The van der Waals surface area contributed by atoms with Crippen molar-refractivity contribution in [3.8, 4) is 0 Å². The molecule has 0 N–H and O–H groups in total. The molecule has 1 amide bonds. The summed E-state index contributed by atoms with van der Waals surface area (Å²) in [5, 5.41) is 0. The lowest BCUT2D eigenvalue weighted by molar-refractivity contribution is -0.118. The van der Waals surface area contributed by atoms with E-state index in [4.69, 9.17) is 0 Å². The van der Waals surface area contributed by atoms with Crippen LogP contribution in [0.5, 0.6) is 0 Å². The van der Waals surface area contributed by atoms with Gasteiger partial charge in [-0.2, -0.15) is 0 Å². The molecule has 2 aliphatic heterocycles. The smallest absolute Gasteiger partial charge is 0.231 e. The fourth-order valence-electron chi connectivity index (χ4n) is 8.70. The molecule has 1 saturated heterocycles. The summed E-state index contributed by atoms with van der Waals surface area (Å²) in [6, 6.07) is 39.9. The second-order valence-corrected chi connectivity index (χ2v) is 16.7. The van der Waals surface area contributed by atoms with Crippen molar-refractivity contribution >= 4 is 34.3 Å². The molecule has 0 saturated carbocycles. The van der Waals surface area contributed by atoms with Crippen LogP contribution >= 0.6 is 0 Å². The van der Waals surface area contributed by atoms with Gasteiger partial charge in [0.2, 0.25) is 5.91 Å². The number of carbonyl (C=O) groups excluding carboxylic acids is 1. The number of hydrogen-bond acceptors (Lipinski definition) is 3. The minimum Gasteiger partial charge on any atom is -0.340 e. The SMILES string of the molecule is CC(C)c1cccc(C(C)C)c1N1CCC(=O)N(c2c(C(C)C)cccc2C(C)C)[C]1c1ccc(N2c3ccccc3C(C)(C)c3ccccc32)cc1. The monoisotopic (exact) mass is 702 g/mol. The number of nitrogens with zero attached hydrogens (tertiary/aromatic N) is 3. The summed E-state index contributed by atoms with van der Waals surface area (Å²) in [5.74, 6) is 1.26. The molecule has 273 valence electrons. The number of hydrogen-bond donors (Lipinski definition) is 0. The van der Waals surface area contributed by atoms with Gasteiger partial charge < -0.3 is 9.80 Å². The minimum absolute atomic E-state index is 0.126. The average Bonchev–Trinajstić information content (AvgIpc) is 3.14. The Hall–Kier alpha value is -4.83. The zero-order chi connectivity index (χ0) is 37.8. The Labute approximate surface area is 318 Å². The van der Waals surface area contributed by atoms with E-state index in [1.165, 1.54) is 50.4 Å². The first-order valence-corrected chi connectivity index (χ1v) is 19.7. The highest BCUT2D eigenvalue weighted by molar-refractivity contribution is 6.01. The van der Waals surface area contributed by atoms with Crippen LogP contribution in [0.2, 0.25) is 0 Å². The number of amides is 1.